The minimum Gasteiger partial charge on any atom is -0.458 e. The summed E-state index contributed by atoms with van der Waals surface area (Å²) in [4.78, 5) is 2.39. The number of benzene rings is 1. The molecule has 0 spiro atoms. The van der Waals surface area contributed by atoms with E-state index in [2.05, 4.69) is 18.7 Å². The minimum atomic E-state index is -0.633. The zero-order valence-electron chi connectivity index (χ0n) is 12.6. The number of aliphatic hydroxyl groups is 1. The number of rotatable bonds is 4. The van der Waals surface area contributed by atoms with E-state index >= 15 is 0 Å². The van der Waals surface area contributed by atoms with Gasteiger partial charge in [0.2, 0.25) is 0 Å². The van der Waals surface area contributed by atoms with Crippen molar-refractivity contribution in [1.29, 1.82) is 0 Å². The van der Waals surface area contributed by atoms with Gasteiger partial charge in [0.05, 0.1) is 5.54 Å². The quantitative estimate of drug-likeness (QED) is 0.910. The summed E-state index contributed by atoms with van der Waals surface area (Å²) in [7, 11) is 0. The smallest absolute Gasteiger partial charge is 0.135 e. The molecule has 21 heavy (non-hydrogen) atoms. The van der Waals surface area contributed by atoms with Gasteiger partial charge in [-0.3, -0.25) is 4.90 Å². The fourth-order valence-electron chi connectivity index (χ4n) is 3.29. The van der Waals surface area contributed by atoms with Gasteiger partial charge in [0.15, 0.2) is 0 Å². The lowest BCUT2D eigenvalue weighted by atomic mass is 9.88. The molecule has 4 heteroatoms. The van der Waals surface area contributed by atoms with Crippen molar-refractivity contribution in [3.8, 4) is 0 Å². The van der Waals surface area contributed by atoms with Gasteiger partial charge in [-0.1, -0.05) is 18.5 Å². The minimum absolute atomic E-state index is 0.284. The van der Waals surface area contributed by atoms with Gasteiger partial charge < -0.3 is 9.52 Å². The number of hydrogen-bond donors (Lipinski definition) is 1. The number of nitrogens with zero attached hydrogens (tertiary/aromatic N) is 1. The van der Waals surface area contributed by atoms with Crippen LogP contribution in [0.5, 0.6) is 0 Å². The fraction of sp³-hybridized carbons (Fsp3) is 0.529. The van der Waals surface area contributed by atoms with Gasteiger partial charge in [0, 0.05) is 10.4 Å². The number of hydrogen-bond acceptors (Lipinski definition) is 3. The molecule has 1 aromatic carbocycles. The second-order valence-corrected chi connectivity index (χ2v) is 6.57. The molecule has 1 aromatic heterocycles. The lowest BCUT2D eigenvalue weighted by Crippen LogP contribution is -2.48. The lowest BCUT2D eigenvalue weighted by Gasteiger charge is -2.41. The van der Waals surface area contributed by atoms with Gasteiger partial charge in [-0.2, -0.15) is 0 Å². The molecule has 0 bridgehead atoms. The zero-order chi connectivity index (χ0) is 15.0. The first-order chi connectivity index (χ1) is 10.0. The first-order valence-electron chi connectivity index (χ1n) is 7.66. The Hall–Kier alpha value is -1.03. The molecule has 3 nitrogen and oxygen atoms in total. The third kappa shape index (κ3) is 2.59. The van der Waals surface area contributed by atoms with Crippen molar-refractivity contribution < 1.29 is 9.52 Å². The van der Waals surface area contributed by atoms with Crippen LogP contribution in [-0.4, -0.2) is 28.6 Å². The van der Waals surface area contributed by atoms with E-state index < -0.39 is 6.10 Å². The van der Waals surface area contributed by atoms with Crippen LogP contribution in [0, 0.1) is 0 Å². The molecule has 1 saturated heterocycles. The highest BCUT2D eigenvalue weighted by atomic mass is 35.5. The van der Waals surface area contributed by atoms with Crippen molar-refractivity contribution in [3.05, 3.63) is 35.0 Å². The summed E-state index contributed by atoms with van der Waals surface area (Å²) < 4.78 is 5.86. The van der Waals surface area contributed by atoms with Crippen molar-refractivity contribution in [2.45, 2.75) is 44.8 Å². The molecule has 1 aliphatic rings. The number of aliphatic hydroxyl groups excluding tert-OH is 1. The topological polar surface area (TPSA) is 36.6 Å². The summed E-state index contributed by atoms with van der Waals surface area (Å²) >= 11 is 6.02. The Morgan fingerprint density at radius 2 is 2.05 bits per heavy atom. The number of fused-ring (bicyclic) bond motifs is 1. The Bertz CT molecular complexity index is 633. The van der Waals surface area contributed by atoms with Gasteiger partial charge in [-0.25, -0.2) is 0 Å². The molecule has 3 rings (SSSR count). The van der Waals surface area contributed by atoms with Crippen LogP contribution in [-0.2, 0) is 0 Å². The molecule has 1 aliphatic heterocycles. The molecule has 0 amide bonds. The molecule has 114 valence electrons. The molecule has 0 radical (unpaired) electrons. The van der Waals surface area contributed by atoms with E-state index in [1.54, 1.807) is 0 Å². The van der Waals surface area contributed by atoms with E-state index in [4.69, 9.17) is 16.0 Å². The maximum atomic E-state index is 10.9. The van der Waals surface area contributed by atoms with Crippen molar-refractivity contribution in [2.24, 2.45) is 0 Å². The Balaban J connectivity index is 1.95. The number of halogens is 1. The van der Waals surface area contributed by atoms with Crippen LogP contribution in [0.4, 0.5) is 0 Å². The molecule has 1 fully saturated rings. The normalized spacial score (nSPS) is 20.8. The number of furan rings is 1. The maximum absolute atomic E-state index is 10.9. The summed E-state index contributed by atoms with van der Waals surface area (Å²) in [6.07, 6.45) is 2.66. The van der Waals surface area contributed by atoms with Crippen LogP contribution in [0.2, 0.25) is 5.02 Å². The SMILES string of the molecule is CCC(C)(C(O)c1cc2cc(Cl)ccc2o1)N1CCCC1. The van der Waals surface area contributed by atoms with E-state index in [9.17, 15) is 5.11 Å². The molecular formula is C17H22ClNO2. The van der Waals surface area contributed by atoms with E-state index in [0.717, 1.165) is 30.5 Å². The average molecular weight is 308 g/mol. The van der Waals surface area contributed by atoms with Crippen LogP contribution in [0.15, 0.2) is 28.7 Å². The monoisotopic (exact) mass is 307 g/mol. The average Bonchev–Trinajstić information content (AvgIpc) is 3.14. The molecular weight excluding hydrogens is 286 g/mol. The van der Waals surface area contributed by atoms with Gasteiger partial charge in [-0.05, 0) is 63.5 Å². The second-order valence-electron chi connectivity index (χ2n) is 6.14. The predicted octanol–water partition coefficient (Wildman–Crippen LogP) is 4.38. The van der Waals surface area contributed by atoms with Crippen LogP contribution >= 0.6 is 11.6 Å². The first-order valence-corrected chi connectivity index (χ1v) is 8.04. The molecule has 2 aromatic rings. The molecule has 2 heterocycles. The summed E-state index contributed by atoms with van der Waals surface area (Å²) in [5.74, 6) is 0.628. The fourth-order valence-corrected chi connectivity index (χ4v) is 3.47. The van der Waals surface area contributed by atoms with Gasteiger partial charge in [0.25, 0.3) is 0 Å². The maximum Gasteiger partial charge on any atom is 0.135 e. The van der Waals surface area contributed by atoms with Gasteiger partial charge in [-0.15, -0.1) is 0 Å². The standard InChI is InChI=1S/C17H22ClNO2/c1-3-17(2,19-8-4-5-9-19)16(20)15-11-12-10-13(18)6-7-14(12)21-15/h6-7,10-11,16,20H,3-5,8-9H2,1-2H3. The highest BCUT2D eigenvalue weighted by Gasteiger charge is 2.40. The molecule has 2 atom stereocenters. The zero-order valence-corrected chi connectivity index (χ0v) is 13.4. The molecule has 2 unspecified atom stereocenters. The van der Waals surface area contributed by atoms with E-state index in [0.29, 0.717) is 10.8 Å². The lowest BCUT2D eigenvalue weighted by molar-refractivity contribution is -0.0246. The van der Waals surface area contributed by atoms with Crippen molar-refractivity contribution in [3.63, 3.8) is 0 Å². The Kier molecular flexibility index (Phi) is 4.00. The third-order valence-corrected chi connectivity index (χ3v) is 5.14. The van der Waals surface area contributed by atoms with Gasteiger partial charge in [0.1, 0.15) is 17.4 Å². The summed E-state index contributed by atoms with van der Waals surface area (Å²) in [6.45, 7) is 6.35. The van der Waals surface area contributed by atoms with E-state index in [-0.39, 0.29) is 5.54 Å². The number of likely N-dealkylation sites (tertiary alicyclic amines) is 1. The van der Waals surface area contributed by atoms with Crippen molar-refractivity contribution >= 4 is 22.6 Å². The highest BCUT2D eigenvalue weighted by Crippen LogP contribution is 2.38. The van der Waals surface area contributed by atoms with Crippen LogP contribution in [0.25, 0.3) is 11.0 Å². The van der Waals surface area contributed by atoms with Crippen LogP contribution in [0.3, 0.4) is 0 Å². The predicted molar refractivity (Wildman–Crippen MR) is 85.7 cm³/mol. The largest absolute Gasteiger partial charge is 0.458 e. The van der Waals surface area contributed by atoms with Gasteiger partial charge >= 0.3 is 0 Å². The third-order valence-electron chi connectivity index (χ3n) is 4.90. The van der Waals surface area contributed by atoms with Crippen molar-refractivity contribution in [1.82, 2.24) is 4.90 Å². The van der Waals surface area contributed by atoms with Crippen LogP contribution in [0.1, 0.15) is 45.0 Å². The first kappa shape index (κ1) is 14.9. The molecule has 0 saturated carbocycles. The summed E-state index contributed by atoms with van der Waals surface area (Å²) in [5, 5.41) is 12.5. The van der Waals surface area contributed by atoms with E-state index in [1.165, 1.54) is 12.8 Å². The Morgan fingerprint density at radius 3 is 2.71 bits per heavy atom. The molecule has 0 aliphatic carbocycles. The second kappa shape index (κ2) is 5.64. The van der Waals surface area contributed by atoms with E-state index in [1.807, 2.05) is 24.3 Å². The van der Waals surface area contributed by atoms with Crippen molar-refractivity contribution in [2.75, 3.05) is 13.1 Å². The van der Waals surface area contributed by atoms with Crippen LogP contribution < -0.4 is 0 Å². The Labute approximate surface area is 130 Å². The Morgan fingerprint density at radius 1 is 1.33 bits per heavy atom. The summed E-state index contributed by atoms with van der Waals surface area (Å²) in [5.41, 5.74) is 0.488. The highest BCUT2D eigenvalue weighted by molar-refractivity contribution is 6.31. The molecule has 1 N–H and O–H groups in total. The summed E-state index contributed by atoms with van der Waals surface area (Å²) in [6, 6.07) is 7.45.